The highest BCUT2D eigenvalue weighted by Crippen LogP contribution is 2.32. The third kappa shape index (κ3) is 4.72. The van der Waals surface area contributed by atoms with Gasteiger partial charge in [0.25, 0.3) is 0 Å². The summed E-state index contributed by atoms with van der Waals surface area (Å²) in [5.41, 5.74) is 5.40. The van der Waals surface area contributed by atoms with E-state index in [4.69, 9.17) is 31.4 Å². The normalized spacial score (nSPS) is 11.0. The standard InChI is InChI=1S/C26H22ClN7O/c1-16-24(17(2)35-33-16)19-7-8-23-22(12-19)26(29-13-18-5-3-6-21(27)11-18)32-25(31-23)20-14-30-34(15-20)10-4-9-28/h3,5-8,11-12,14-15H,4,10,13H2,1-2H3,(H,29,31,32). The van der Waals surface area contributed by atoms with Gasteiger partial charge in [-0.3, -0.25) is 4.68 Å². The second-order valence-corrected chi connectivity index (χ2v) is 8.65. The van der Waals surface area contributed by atoms with E-state index in [-0.39, 0.29) is 0 Å². The van der Waals surface area contributed by atoms with Crippen molar-refractivity contribution in [1.82, 2.24) is 24.9 Å². The Morgan fingerprint density at radius 1 is 1.11 bits per heavy atom. The minimum absolute atomic E-state index is 0.386. The molecule has 9 heteroatoms. The van der Waals surface area contributed by atoms with Gasteiger partial charge in [-0.2, -0.15) is 10.4 Å². The fraction of sp³-hybridized carbons (Fsp3) is 0.192. The van der Waals surface area contributed by atoms with Crippen LogP contribution in [0.5, 0.6) is 0 Å². The summed E-state index contributed by atoms with van der Waals surface area (Å²) < 4.78 is 7.10. The van der Waals surface area contributed by atoms with Crippen molar-refractivity contribution in [2.45, 2.75) is 33.4 Å². The van der Waals surface area contributed by atoms with Crippen LogP contribution in [0, 0.1) is 25.2 Å². The van der Waals surface area contributed by atoms with Crippen molar-refractivity contribution in [3.8, 4) is 28.6 Å². The number of rotatable bonds is 7. The van der Waals surface area contributed by atoms with E-state index in [9.17, 15) is 0 Å². The first kappa shape index (κ1) is 22.6. The lowest BCUT2D eigenvalue weighted by Gasteiger charge is -2.12. The van der Waals surface area contributed by atoms with Crippen LogP contribution in [0.2, 0.25) is 5.02 Å². The maximum absolute atomic E-state index is 8.86. The van der Waals surface area contributed by atoms with Crippen molar-refractivity contribution >= 4 is 28.3 Å². The summed E-state index contributed by atoms with van der Waals surface area (Å²) in [6, 6.07) is 15.9. The van der Waals surface area contributed by atoms with Gasteiger partial charge in [0.05, 0.1) is 42.0 Å². The van der Waals surface area contributed by atoms with Crippen molar-refractivity contribution in [2.24, 2.45) is 0 Å². The highest BCUT2D eigenvalue weighted by atomic mass is 35.5. The summed E-state index contributed by atoms with van der Waals surface area (Å²) in [7, 11) is 0. The molecular formula is C26H22ClN7O. The number of hydrogen-bond donors (Lipinski definition) is 1. The zero-order chi connectivity index (χ0) is 24.4. The minimum atomic E-state index is 0.386. The Balaban J connectivity index is 1.58. The lowest BCUT2D eigenvalue weighted by atomic mass is 10.0. The molecule has 0 saturated carbocycles. The van der Waals surface area contributed by atoms with Gasteiger partial charge in [-0.1, -0.05) is 35.0 Å². The Labute approximate surface area is 207 Å². The van der Waals surface area contributed by atoms with Gasteiger partial charge in [-0.15, -0.1) is 0 Å². The summed E-state index contributed by atoms with van der Waals surface area (Å²) in [6.07, 6.45) is 3.96. The summed E-state index contributed by atoms with van der Waals surface area (Å²) in [6.45, 7) is 4.90. The number of benzene rings is 2. The van der Waals surface area contributed by atoms with E-state index in [0.29, 0.717) is 36.2 Å². The quantitative estimate of drug-likeness (QED) is 0.305. The Kier molecular flexibility index (Phi) is 6.17. The molecule has 5 rings (SSSR count). The van der Waals surface area contributed by atoms with Crippen LogP contribution in [-0.4, -0.2) is 24.9 Å². The first-order chi connectivity index (χ1) is 17.0. The first-order valence-corrected chi connectivity index (χ1v) is 11.5. The molecule has 174 valence electrons. The molecule has 3 heterocycles. The molecule has 0 aliphatic rings. The lowest BCUT2D eigenvalue weighted by molar-refractivity contribution is 0.393. The third-order valence-corrected chi connectivity index (χ3v) is 5.95. The van der Waals surface area contributed by atoms with Crippen LogP contribution >= 0.6 is 11.6 Å². The van der Waals surface area contributed by atoms with E-state index < -0.39 is 0 Å². The number of nitriles is 1. The SMILES string of the molecule is Cc1noc(C)c1-c1ccc2nc(-c3cnn(CCC#N)c3)nc(NCc3cccc(Cl)c3)c2c1. The Bertz CT molecular complexity index is 1540. The molecule has 0 fully saturated rings. The van der Waals surface area contributed by atoms with Gasteiger partial charge in [-0.05, 0) is 49.2 Å². The van der Waals surface area contributed by atoms with E-state index >= 15 is 0 Å². The number of aromatic nitrogens is 5. The van der Waals surface area contributed by atoms with Crippen molar-refractivity contribution in [2.75, 3.05) is 5.32 Å². The summed E-state index contributed by atoms with van der Waals surface area (Å²) in [4.78, 5) is 9.66. The first-order valence-electron chi connectivity index (χ1n) is 11.1. The molecule has 0 amide bonds. The molecular weight excluding hydrogens is 462 g/mol. The molecule has 0 atom stereocenters. The highest BCUT2D eigenvalue weighted by molar-refractivity contribution is 6.30. The number of halogens is 1. The van der Waals surface area contributed by atoms with E-state index in [1.807, 2.05) is 56.4 Å². The van der Waals surface area contributed by atoms with Gasteiger partial charge in [0.1, 0.15) is 11.6 Å². The molecule has 0 aliphatic heterocycles. The zero-order valence-electron chi connectivity index (χ0n) is 19.3. The second-order valence-electron chi connectivity index (χ2n) is 8.21. The number of aryl methyl sites for hydroxylation is 3. The Morgan fingerprint density at radius 2 is 2.00 bits per heavy atom. The van der Waals surface area contributed by atoms with Crippen LogP contribution < -0.4 is 5.32 Å². The Hall–Kier alpha value is -4.22. The van der Waals surface area contributed by atoms with E-state index in [2.05, 4.69) is 27.7 Å². The van der Waals surface area contributed by atoms with Crippen LogP contribution in [0.4, 0.5) is 5.82 Å². The van der Waals surface area contributed by atoms with Gasteiger partial charge in [0, 0.05) is 28.7 Å². The van der Waals surface area contributed by atoms with Crippen LogP contribution in [0.1, 0.15) is 23.4 Å². The predicted octanol–water partition coefficient (Wildman–Crippen LogP) is 5.94. The predicted molar refractivity (Wildman–Crippen MR) is 135 cm³/mol. The number of nitrogens with zero attached hydrogens (tertiary/aromatic N) is 6. The lowest BCUT2D eigenvalue weighted by Crippen LogP contribution is -2.04. The highest BCUT2D eigenvalue weighted by Gasteiger charge is 2.16. The second kappa shape index (κ2) is 9.57. The number of fused-ring (bicyclic) bond motifs is 1. The molecule has 8 nitrogen and oxygen atoms in total. The summed E-state index contributed by atoms with van der Waals surface area (Å²) in [5, 5.41) is 22.3. The van der Waals surface area contributed by atoms with Crippen molar-refractivity contribution in [3.63, 3.8) is 0 Å². The summed E-state index contributed by atoms with van der Waals surface area (Å²) in [5.74, 6) is 2.01. The minimum Gasteiger partial charge on any atom is -0.365 e. The number of hydrogen-bond acceptors (Lipinski definition) is 7. The van der Waals surface area contributed by atoms with Crippen LogP contribution in [0.15, 0.2) is 59.4 Å². The molecule has 35 heavy (non-hydrogen) atoms. The van der Waals surface area contributed by atoms with Crippen molar-refractivity contribution in [1.29, 1.82) is 5.26 Å². The maximum Gasteiger partial charge on any atom is 0.165 e. The molecule has 0 saturated heterocycles. The molecule has 1 N–H and O–H groups in total. The molecule has 0 unspecified atom stereocenters. The largest absolute Gasteiger partial charge is 0.365 e. The topological polar surface area (TPSA) is 105 Å². The van der Waals surface area contributed by atoms with Crippen LogP contribution in [0.3, 0.4) is 0 Å². The smallest absolute Gasteiger partial charge is 0.165 e. The van der Waals surface area contributed by atoms with Crippen molar-refractivity contribution in [3.05, 3.63) is 76.9 Å². The van der Waals surface area contributed by atoms with Crippen molar-refractivity contribution < 1.29 is 4.52 Å². The van der Waals surface area contributed by atoms with Gasteiger partial charge >= 0.3 is 0 Å². The third-order valence-electron chi connectivity index (χ3n) is 5.71. The van der Waals surface area contributed by atoms with Gasteiger partial charge < -0.3 is 9.84 Å². The van der Waals surface area contributed by atoms with Gasteiger partial charge in [-0.25, -0.2) is 9.97 Å². The molecule has 3 aromatic heterocycles. The van der Waals surface area contributed by atoms with Crippen LogP contribution in [-0.2, 0) is 13.1 Å². The average Bonchev–Trinajstić information content (AvgIpc) is 3.47. The molecule has 0 aliphatic carbocycles. The molecule has 2 aromatic carbocycles. The molecule has 0 radical (unpaired) electrons. The monoisotopic (exact) mass is 483 g/mol. The molecule has 0 bridgehead atoms. The van der Waals surface area contributed by atoms with Crippen LogP contribution in [0.25, 0.3) is 33.4 Å². The average molecular weight is 484 g/mol. The maximum atomic E-state index is 8.86. The number of nitrogens with one attached hydrogen (secondary N) is 1. The number of anilines is 1. The summed E-state index contributed by atoms with van der Waals surface area (Å²) >= 11 is 6.18. The van der Waals surface area contributed by atoms with Gasteiger partial charge in [0.15, 0.2) is 5.82 Å². The zero-order valence-corrected chi connectivity index (χ0v) is 20.0. The van der Waals surface area contributed by atoms with Gasteiger partial charge in [0.2, 0.25) is 0 Å². The van der Waals surface area contributed by atoms with E-state index in [1.165, 1.54) is 0 Å². The molecule has 0 spiro atoms. The Morgan fingerprint density at radius 3 is 2.77 bits per heavy atom. The molecule has 5 aromatic rings. The van der Waals surface area contributed by atoms with E-state index in [1.54, 1.807) is 10.9 Å². The van der Waals surface area contributed by atoms with E-state index in [0.717, 1.165) is 44.6 Å². The fourth-order valence-corrected chi connectivity index (χ4v) is 4.25. The fourth-order valence-electron chi connectivity index (χ4n) is 4.04.